The Bertz CT molecular complexity index is 1480. The van der Waals surface area contributed by atoms with Crippen molar-refractivity contribution in [2.75, 3.05) is 13.7 Å². The van der Waals surface area contributed by atoms with Crippen molar-refractivity contribution >= 4 is 34.0 Å². The Kier molecular flexibility index (Phi) is 6.70. The molecule has 1 saturated heterocycles. The number of methoxy groups -OCH3 is 1. The summed E-state index contributed by atoms with van der Waals surface area (Å²) in [5.74, 6) is -0.317. The number of hydrogen-bond acceptors (Lipinski definition) is 7. The number of rotatable bonds is 7. The second-order valence-corrected chi connectivity index (χ2v) is 8.98. The molecule has 188 valence electrons. The van der Waals surface area contributed by atoms with E-state index in [1.165, 1.54) is 19.2 Å². The Morgan fingerprint density at radius 1 is 1.16 bits per heavy atom. The number of hydrogen-bond donors (Lipinski definition) is 2. The maximum atomic E-state index is 12.1. The Morgan fingerprint density at radius 3 is 2.62 bits per heavy atom. The number of H-pyrrole nitrogens is 1. The number of nitrogens with one attached hydrogen (secondary N) is 1. The Labute approximate surface area is 213 Å². The van der Waals surface area contributed by atoms with Crippen LogP contribution < -0.4 is 0 Å². The zero-order valence-electron chi connectivity index (χ0n) is 20.3. The third-order valence-electron chi connectivity index (χ3n) is 6.66. The number of aromatic nitrogens is 1. The van der Waals surface area contributed by atoms with E-state index in [1.807, 2.05) is 54.6 Å². The number of likely N-dealkylation sites (tertiary alicyclic amines) is 1. The van der Waals surface area contributed by atoms with Crippen LogP contribution in [0.25, 0.3) is 10.9 Å². The van der Waals surface area contributed by atoms with Gasteiger partial charge >= 0.3 is 5.97 Å². The Balaban J connectivity index is 1.52. The molecule has 0 radical (unpaired) electrons. The fourth-order valence-corrected chi connectivity index (χ4v) is 4.84. The van der Waals surface area contributed by atoms with Crippen molar-refractivity contribution in [1.82, 2.24) is 9.88 Å². The lowest BCUT2D eigenvalue weighted by Crippen LogP contribution is -2.36. The predicted octanol–water partition coefficient (Wildman–Crippen LogP) is 5.09. The van der Waals surface area contributed by atoms with Gasteiger partial charge in [-0.2, -0.15) is 0 Å². The molecule has 3 aromatic carbocycles. The van der Waals surface area contributed by atoms with Gasteiger partial charge in [-0.3, -0.25) is 19.8 Å². The molecule has 5 rings (SSSR count). The van der Waals surface area contributed by atoms with Crippen LogP contribution in [0, 0.1) is 10.1 Å². The molecule has 1 aliphatic heterocycles. The lowest BCUT2D eigenvalue weighted by atomic mass is 10.0. The van der Waals surface area contributed by atoms with E-state index in [0.717, 1.165) is 30.5 Å². The number of benzene rings is 3. The quantitative estimate of drug-likeness (QED) is 0.158. The first-order valence-corrected chi connectivity index (χ1v) is 12.0. The molecule has 9 heteroatoms. The molecule has 1 fully saturated rings. The van der Waals surface area contributed by atoms with Gasteiger partial charge in [0.15, 0.2) is 5.88 Å². The van der Waals surface area contributed by atoms with Gasteiger partial charge in [0.05, 0.1) is 29.0 Å². The molecule has 9 nitrogen and oxygen atoms in total. The van der Waals surface area contributed by atoms with Gasteiger partial charge in [0.1, 0.15) is 6.04 Å². The van der Waals surface area contributed by atoms with Gasteiger partial charge in [-0.1, -0.05) is 42.5 Å². The van der Waals surface area contributed by atoms with Crippen molar-refractivity contribution in [2.45, 2.75) is 25.4 Å². The minimum absolute atomic E-state index is 0.0725. The predicted molar refractivity (Wildman–Crippen MR) is 140 cm³/mol. The zero-order chi connectivity index (χ0) is 25.9. The van der Waals surface area contributed by atoms with Gasteiger partial charge in [-0.05, 0) is 43.1 Å². The molecule has 0 spiro atoms. The standard InChI is InChI=1S/C28H26N4O5/c1-37-28(34)24-8-5-15-31(24)17-18-9-11-20(12-10-18)29-26(19-6-3-2-4-7-19)25-22-16-21(32(35)36)13-14-23(22)30-27(25)33/h2-4,6-7,9-14,16,24,30,33H,5,8,15,17H2,1H3. The van der Waals surface area contributed by atoms with E-state index in [9.17, 15) is 20.0 Å². The van der Waals surface area contributed by atoms with Crippen LogP contribution in [0.2, 0.25) is 0 Å². The van der Waals surface area contributed by atoms with Crippen LogP contribution in [0.3, 0.4) is 0 Å². The molecule has 1 aliphatic rings. The van der Waals surface area contributed by atoms with Crippen LogP contribution in [-0.4, -0.2) is 51.3 Å². The highest BCUT2D eigenvalue weighted by molar-refractivity contribution is 6.22. The third kappa shape index (κ3) is 4.94. The number of nitro benzene ring substituents is 1. The fraction of sp³-hybridized carbons (Fsp3) is 0.214. The lowest BCUT2D eigenvalue weighted by Gasteiger charge is -2.22. The van der Waals surface area contributed by atoms with E-state index < -0.39 is 4.92 Å². The van der Waals surface area contributed by atoms with Crippen LogP contribution >= 0.6 is 0 Å². The minimum Gasteiger partial charge on any atom is -0.494 e. The van der Waals surface area contributed by atoms with E-state index in [0.29, 0.717) is 34.4 Å². The molecule has 2 heterocycles. The summed E-state index contributed by atoms with van der Waals surface area (Å²) in [6.07, 6.45) is 1.75. The highest BCUT2D eigenvalue weighted by Crippen LogP contribution is 2.33. The third-order valence-corrected chi connectivity index (χ3v) is 6.66. The maximum absolute atomic E-state index is 12.1. The van der Waals surface area contributed by atoms with E-state index in [1.54, 1.807) is 6.07 Å². The monoisotopic (exact) mass is 498 g/mol. The number of carbonyl (C=O) groups is 1. The number of nitrogens with zero attached hydrogens (tertiary/aromatic N) is 3. The fourth-order valence-electron chi connectivity index (χ4n) is 4.84. The molecule has 37 heavy (non-hydrogen) atoms. The highest BCUT2D eigenvalue weighted by atomic mass is 16.6. The molecular formula is C28H26N4O5. The van der Waals surface area contributed by atoms with Crippen molar-refractivity contribution in [3.05, 3.63) is 99.6 Å². The van der Waals surface area contributed by atoms with Crippen LogP contribution in [0.5, 0.6) is 5.88 Å². The summed E-state index contributed by atoms with van der Waals surface area (Å²) in [6.45, 7) is 1.46. The summed E-state index contributed by atoms with van der Waals surface area (Å²) < 4.78 is 4.94. The first-order valence-electron chi connectivity index (χ1n) is 12.0. The van der Waals surface area contributed by atoms with Crippen LogP contribution in [0.4, 0.5) is 11.4 Å². The van der Waals surface area contributed by atoms with Gasteiger partial charge < -0.3 is 14.8 Å². The van der Waals surface area contributed by atoms with Gasteiger partial charge in [-0.25, -0.2) is 4.99 Å². The van der Waals surface area contributed by atoms with Gasteiger partial charge in [0.25, 0.3) is 5.69 Å². The smallest absolute Gasteiger partial charge is 0.323 e. The van der Waals surface area contributed by atoms with Crippen LogP contribution in [0.1, 0.15) is 29.5 Å². The minimum atomic E-state index is -0.462. The summed E-state index contributed by atoms with van der Waals surface area (Å²) in [5, 5.41) is 22.7. The van der Waals surface area contributed by atoms with Gasteiger partial charge in [0.2, 0.25) is 0 Å². The molecule has 0 saturated carbocycles. The first-order chi connectivity index (χ1) is 17.9. The van der Waals surface area contributed by atoms with E-state index in [2.05, 4.69) is 9.88 Å². The SMILES string of the molecule is COC(=O)C1CCCN1Cc1ccc(N=C(c2ccccc2)c2c(O)[nH]c3ccc([N+](=O)[O-])cc23)cc1. The summed E-state index contributed by atoms with van der Waals surface area (Å²) in [7, 11) is 1.42. The zero-order valence-corrected chi connectivity index (χ0v) is 20.3. The summed E-state index contributed by atoms with van der Waals surface area (Å²) in [5.41, 5.74) is 3.84. The summed E-state index contributed by atoms with van der Waals surface area (Å²) in [6, 6.07) is 21.3. The maximum Gasteiger partial charge on any atom is 0.323 e. The number of non-ortho nitro benzene ring substituents is 1. The first kappa shape index (κ1) is 24.2. The largest absolute Gasteiger partial charge is 0.494 e. The number of aliphatic imine (C=N–C) groups is 1. The molecule has 1 atom stereocenters. The number of aromatic amines is 1. The topological polar surface area (TPSA) is 121 Å². The van der Waals surface area contributed by atoms with E-state index in [4.69, 9.17) is 9.73 Å². The number of esters is 1. The molecule has 0 aliphatic carbocycles. The number of nitro groups is 1. The lowest BCUT2D eigenvalue weighted by molar-refractivity contribution is -0.384. The molecule has 0 bridgehead atoms. The average molecular weight is 499 g/mol. The molecule has 1 aromatic heterocycles. The van der Waals surface area contributed by atoms with Gasteiger partial charge in [-0.15, -0.1) is 0 Å². The Hall–Kier alpha value is -4.50. The highest BCUT2D eigenvalue weighted by Gasteiger charge is 2.31. The van der Waals surface area contributed by atoms with Crippen molar-refractivity contribution < 1.29 is 19.6 Å². The van der Waals surface area contributed by atoms with Crippen LogP contribution in [0.15, 0.2) is 77.8 Å². The Morgan fingerprint density at radius 2 is 1.92 bits per heavy atom. The normalized spacial score (nSPS) is 16.2. The van der Waals surface area contributed by atoms with Gasteiger partial charge in [0, 0.05) is 35.1 Å². The number of aromatic hydroxyl groups is 1. The summed E-state index contributed by atoms with van der Waals surface area (Å²) >= 11 is 0. The van der Waals surface area contributed by atoms with Crippen molar-refractivity contribution in [3.63, 3.8) is 0 Å². The molecule has 0 amide bonds. The average Bonchev–Trinajstić information content (AvgIpc) is 3.51. The molecule has 4 aromatic rings. The van der Waals surface area contributed by atoms with Crippen molar-refractivity contribution in [3.8, 4) is 5.88 Å². The second-order valence-electron chi connectivity index (χ2n) is 8.98. The van der Waals surface area contributed by atoms with Crippen molar-refractivity contribution in [2.24, 2.45) is 4.99 Å². The van der Waals surface area contributed by atoms with Crippen LogP contribution in [-0.2, 0) is 16.1 Å². The molecule has 1 unspecified atom stereocenters. The molecule has 2 N–H and O–H groups in total. The summed E-state index contributed by atoms with van der Waals surface area (Å²) in [4.78, 5) is 32.9. The van der Waals surface area contributed by atoms with E-state index >= 15 is 0 Å². The number of fused-ring (bicyclic) bond motifs is 1. The number of ether oxygens (including phenoxy) is 1. The van der Waals surface area contributed by atoms with E-state index in [-0.39, 0.29) is 23.6 Å². The number of carbonyl (C=O) groups excluding carboxylic acids is 1. The molecular weight excluding hydrogens is 472 g/mol. The van der Waals surface area contributed by atoms with Crippen molar-refractivity contribution in [1.29, 1.82) is 0 Å². The second kappa shape index (κ2) is 10.2.